The van der Waals surface area contributed by atoms with Crippen molar-refractivity contribution in [3.05, 3.63) is 35.4 Å². The van der Waals surface area contributed by atoms with Gasteiger partial charge in [-0.2, -0.15) is 0 Å². The number of ketones is 1. The first kappa shape index (κ1) is 9.45. The van der Waals surface area contributed by atoms with Crippen molar-refractivity contribution >= 4 is 5.78 Å². The van der Waals surface area contributed by atoms with Crippen LogP contribution in [-0.2, 0) is 11.2 Å². The van der Waals surface area contributed by atoms with Gasteiger partial charge in [0.15, 0.2) is 0 Å². The maximum atomic E-state index is 11.8. The second-order valence-corrected chi connectivity index (χ2v) is 4.52. The minimum Gasteiger partial charge on any atom is -0.299 e. The fraction of sp³-hybridized carbons (Fsp3) is 0.462. The van der Waals surface area contributed by atoms with Gasteiger partial charge in [0.2, 0.25) is 0 Å². The van der Waals surface area contributed by atoms with Crippen LogP contribution in [0.3, 0.4) is 0 Å². The number of carbonyl (C=O) groups is 1. The van der Waals surface area contributed by atoms with E-state index < -0.39 is 0 Å². The fourth-order valence-electron chi connectivity index (χ4n) is 2.09. The summed E-state index contributed by atoms with van der Waals surface area (Å²) >= 11 is 0. The maximum Gasteiger partial charge on any atom is 0.140 e. The Kier molecular flexibility index (Phi) is 2.40. The lowest BCUT2D eigenvalue weighted by molar-refractivity contribution is -0.121. The molecule has 0 spiro atoms. The molecule has 1 aliphatic rings. The molecular weight excluding hydrogens is 172 g/mol. The van der Waals surface area contributed by atoms with E-state index in [0.717, 1.165) is 12.8 Å². The zero-order chi connectivity index (χ0) is 10.1. The summed E-state index contributed by atoms with van der Waals surface area (Å²) in [6.07, 6.45) is 1.68. The van der Waals surface area contributed by atoms with Crippen molar-refractivity contribution in [2.24, 2.45) is 5.92 Å². The molecular formula is C13H16O. The quantitative estimate of drug-likeness (QED) is 0.712. The first-order valence-corrected chi connectivity index (χ1v) is 5.29. The van der Waals surface area contributed by atoms with Crippen LogP contribution in [0.2, 0.25) is 0 Å². The van der Waals surface area contributed by atoms with E-state index in [1.165, 1.54) is 11.1 Å². The van der Waals surface area contributed by atoms with Crippen LogP contribution in [0.25, 0.3) is 0 Å². The maximum absolute atomic E-state index is 11.8. The number of fused-ring (bicyclic) bond motifs is 1. The molecule has 1 atom stereocenters. The Morgan fingerprint density at radius 1 is 1.43 bits per heavy atom. The van der Waals surface area contributed by atoms with Crippen molar-refractivity contribution in [2.45, 2.75) is 32.6 Å². The van der Waals surface area contributed by atoms with Gasteiger partial charge in [0, 0.05) is 12.3 Å². The van der Waals surface area contributed by atoms with E-state index in [1.54, 1.807) is 0 Å². The van der Waals surface area contributed by atoms with Gasteiger partial charge in [0.25, 0.3) is 0 Å². The fourth-order valence-corrected chi connectivity index (χ4v) is 2.09. The van der Waals surface area contributed by atoms with Gasteiger partial charge in [0.05, 0.1) is 0 Å². The highest BCUT2D eigenvalue weighted by Crippen LogP contribution is 2.36. The summed E-state index contributed by atoms with van der Waals surface area (Å²) in [5.74, 6) is 1.10. The lowest BCUT2D eigenvalue weighted by Crippen LogP contribution is -2.25. The molecule has 0 N–H and O–H groups in total. The van der Waals surface area contributed by atoms with E-state index in [2.05, 4.69) is 26.0 Å². The van der Waals surface area contributed by atoms with E-state index >= 15 is 0 Å². The van der Waals surface area contributed by atoms with E-state index in [1.807, 2.05) is 12.1 Å². The van der Waals surface area contributed by atoms with Gasteiger partial charge >= 0.3 is 0 Å². The second-order valence-electron chi connectivity index (χ2n) is 4.52. The Bertz CT molecular complexity index is 352. The van der Waals surface area contributed by atoms with Crippen LogP contribution in [0.4, 0.5) is 0 Å². The van der Waals surface area contributed by atoms with Gasteiger partial charge in [-0.25, -0.2) is 0 Å². The van der Waals surface area contributed by atoms with Gasteiger partial charge in [-0.3, -0.25) is 4.79 Å². The SMILES string of the molecule is CC(C)CC(=O)C1Cc2ccccc21. The van der Waals surface area contributed by atoms with Crippen molar-refractivity contribution in [1.82, 2.24) is 0 Å². The standard InChI is InChI=1S/C13H16O/c1-9(2)7-13(14)12-8-10-5-3-4-6-11(10)12/h3-6,9,12H,7-8H2,1-2H3. The summed E-state index contributed by atoms with van der Waals surface area (Å²) in [5, 5.41) is 0. The molecule has 14 heavy (non-hydrogen) atoms. The highest BCUT2D eigenvalue weighted by Gasteiger charge is 2.31. The molecule has 1 nitrogen and oxygen atoms in total. The number of rotatable bonds is 3. The number of carbonyl (C=O) groups excluding carboxylic acids is 1. The summed E-state index contributed by atoms with van der Waals surface area (Å²) in [4.78, 5) is 11.8. The van der Waals surface area contributed by atoms with Crippen LogP contribution >= 0.6 is 0 Å². The zero-order valence-electron chi connectivity index (χ0n) is 8.79. The molecule has 1 aromatic carbocycles. The highest BCUT2D eigenvalue weighted by atomic mass is 16.1. The van der Waals surface area contributed by atoms with Crippen LogP contribution < -0.4 is 0 Å². The summed E-state index contributed by atoms with van der Waals surface area (Å²) in [7, 11) is 0. The van der Waals surface area contributed by atoms with Crippen molar-refractivity contribution in [2.75, 3.05) is 0 Å². The average molecular weight is 188 g/mol. The number of Topliss-reactive ketones (excluding diaryl/α,β-unsaturated/α-hetero) is 1. The van der Waals surface area contributed by atoms with Crippen molar-refractivity contribution in [3.8, 4) is 0 Å². The lowest BCUT2D eigenvalue weighted by atomic mass is 9.74. The zero-order valence-corrected chi connectivity index (χ0v) is 8.79. The molecule has 0 saturated carbocycles. The van der Waals surface area contributed by atoms with Crippen LogP contribution in [0.1, 0.15) is 37.3 Å². The molecule has 0 fully saturated rings. The van der Waals surface area contributed by atoms with E-state index in [0.29, 0.717) is 11.7 Å². The molecule has 1 aromatic rings. The molecule has 1 unspecified atom stereocenters. The summed E-state index contributed by atoms with van der Waals surface area (Å²) in [6, 6.07) is 8.27. The molecule has 0 aliphatic heterocycles. The van der Waals surface area contributed by atoms with Crippen LogP contribution in [-0.4, -0.2) is 5.78 Å². The third-order valence-corrected chi connectivity index (χ3v) is 2.85. The Balaban J connectivity index is 2.08. The lowest BCUT2D eigenvalue weighted by Gasteiger charge is -2.29. The summed E-state index contributed by atoms with van der Waals surface area (Å²) in [6.45, 7) is 4.20. The van der Waals surface area contributed by atoms with Gasteiger partial charge in [-0.1, -0.05) is 38.1 Å². The first-order valence-electron chi connectivity index (χ1n) is 5.29. The Hall–Kier alpha value is -1.11. The topological polar surface area (TPSA) is 17.1 Å². The van der Waals surface area contributed by atoms with Gasteiger partial charge < -0.3 is 0 Å². The van der Waals surface area contributed by atoms with Crippen molar-refractivity contribution < 1.29 is 4.79 Å². The minimum absolute atomic E-state index is 0.202. The predicted octanol–water partition coefficient (Wildman–Crippen LogP) is 2.94. The van der Waals surface area contributed by atoms with Crippen LogP contribution in [0.5, 0.6) is 0 Å². The second kappa shape index (κ2) is 3.56. The third-order valence-electron chi connectivity index (χ3n) is 2.85. The Labute approximate surface area is 85.1 Å². The first-order chi connectivity index (χ1) is 6.68. The summed E-state index contributed by atoms with van der Waals surface area (Å²) < 4.78 is 0. The van der Waals surface area contributed by atoms with Crippen LogP contribution in [0, 0.1) is 5.92 Å². The van der Waals surface area contributed by atoms with E-state index in [9.17, 15) is 4.79 Å². The Morgan fingerprint density at radius 2 is 2.14 bits per heavy atom. The number of hydrogen-bond acceptors (Lipinski definition) is 1. The molecule has 2 rings (SSSR count). The van der Waals surface area contributed by atoms with Crippen molar-refractivity contribution in [1.29, 1.82) is 0 Å². The van der Waals surface area contributed by atoms with Gasteiger partial charge in [0.1, 0.15) is 5.78 Å². The highest BCUT2D eigenvalue weighted by molar-refractivity contribution is 5.88. The molecule has 0 amide bonds. The summed E-state index contributed by atoms with van der Waals surface area (Å²) in [5.41, 5.74) is 2.62. The van der Waals surface area contributed by atoms with E-state index in [4.69, 9.17) is 0 Å². The third kappa shape index (κ3) is 1.59. The molecule has 0 radical (unpaired) electrons. The van der Waals surface area contributed by atoms with E-state index in [-0.39, 0.29) is 5.92 Å². The number of benzene rings is 1. The predicted molar refractivity (Wildman–Crippen MR) is 57.3 cm³/mol. The largest absolute Gasteiger partial charge is 0.299 e. The number of hydrogen-bond donors (Lipinski definition) is 0. The van der Waals surface area contributed by atoms with Gasteiger partial charge in [-0.15, -0.1) is 0 Å². The smallest absolute Gasteiger partial charge is 0.140 e. The molecule has 0 aromatic heterocycles. The monoisotopic (exact) mass is 188 g/mol. The molecule has 0 heterocycles. The molecule has 0 saturated heterocycles. The van der Waals surface area contributed by atoms with Crippen molar-refractivity contribution in [3.63, 3.8) is 0 Å². The molecule has 0 bridgehead atoms. The normalized spacial score (nSPS) is 18.9. The van der Waals surface area contributed by atoms with Crippen LogP contribution in [0.15, 0.2) is 24.3 Å². The average Bonchev–Trinajstić information content (AvgIpc) is 2.05. The molecule has 1 aliphatic carbocycles. The Morgan fingerprint density at radius 3 is 2.79 bits per heavy atom. The molecule has 1 heteroatoms. The molecule has 74 valence electrons. The minimum atomic E-state index is 0.202. The van der Waals surface area contributed by atoms with Gasteiger partial charge in [-0.05, 0) is 23.5 Å².